The summed E-state index contributed by atoms with van der Waals surface area (Å²) in [4.78, 5) is 0. The summed E-state index contributed by atoms with van der Waals surface area (Å²) in [6.07, 6.45) is 1.11. The summed E-state index contributed by atoms with van der Waals surface area (Å²) in [5.41, 5.74) is 5.08. The lowest BCUT2D eigenvalue weighted by molar-refractivity contribution is 0.641. The van der Waals surface area contributed by atoms with Gasteiger partial charge in [0.25, 0.3) is 0 Å². The molecule has 0 saturated heterocycles. The topological polar surface area (TPSA) is 12.0 Å². The van der Waals surface area contributed by atoms with Gasteiger partial charge in [0.2, 0.25) is 0 Å². The summed E-state index contributed by atoms with van der Waals surface area (Å²) < 4.78 is 0. The molecule has 2 rings (SSSR count). The van der Waals surface area contributed by atoms with Crippen LogP contribution in [0.15, 0.2) is 12.1 Å². The van der Waals surface area contributed by atoms with Crippen LogP contribution in [0.1, 0.15) is 16.7 Å². The van der Waals surface area contributed by atoms with E-state index in [0.29, 0.717) is 0 Å². The zero-order chi connectivity index (χ0) is 8.55. The number of hydrogen-bond donors (Lipinski definition) is 1. The van der Waals surface area contributed by atoms with Gasteiger partial charge < -0.3 is 5.32 Å². The largest absolute Gasteiger partial charge is 0.312 e. The Kier molecular flexibility index (Phi) is 1.93. The van der Waals surface area contributed by atoms with Crippen LogP contribution in [0.5, 0.6) is 0 Å². The lowest BCUT2D eigenvalue weighted by Gasteiger charge is -2.19. The Morgan fingerprint density at radius 1 is 1.42 bits per heavy atom. The van der Waals surface area contributed by atoms with Gasteiger partial charge in [0.05, 0.1) is 0 Å². The van der Waals surface area contributed by atoms with E-state index in [0.717, 1.165) is 25.0 Å². The summed E-state index contributed by atoms with van der Waals surface area (Å²) in [5.74, 6) is 0. The third-order valence-corrected chi connectivity index (χ3v) is 2.46. The fourth-order valence-electron chi connectivity index (χ4n) is 1.83. The van der Waals surface area contributed by atoms with Crippen molar-refractivity contribution in [2.45, 2.75) is 19.9 Å². The van der Waals surface area contributed by atoms with Crippen molar-refractivity contribution in [3.8, 4) is 0 Å². The highest BCUT2D eigenvalue weighted by atomic mass is 14.9. The molecule has 12 heavy (non-hydrogen) atoms. The third kappa shape index (κ3) is 1.27. The van der Waals surface area contributed by atoms with Crippen LogP contribution < -0.4 is 10.8 Å². The molecule has 1 heterocycles. The van der Waals surface area contributed by atoms with Gasteiger partial charge in [-0.05, 0) is 36.6 Å². The summed E-state index contributed by atoms with van der Waals surface area (Å²) in [6.45, 7) is 4.21. The van der Waals surface area contributed by atoms with Crippen LogP contribution >= 0.6 is 0 Å². The van der Waals surface area contributed by atoms with E-state index < -0.39 is 0 Å². The van der Waals surface area contributed by atoms with Crippen LogP contribution in [-0.2, 0) is 13.0 Å². The van der Waals surface area contributed by atoms with Crippen molar-refractivity contribution < 1.29 is 0 Å². The first-order valence-electron chi connectivity index (χ1n) is 4.36. The van der Waals surface area contributed by atoms with Gasteiger partial charge in [-0.15, -0.1) is 0 Å². The molecule has 1 N–H and O–H groups in total. The molecule has 0 aliphatic carbocycles. The zero-order valence-electron chi connectivity index (χ0n) is 7.35. The second-order valence-corrected chi connectivity index (χ2v) is 3.40. The molecule has 2 radical (unpaired) electrons. The average molecular weight is 157 g/mol. The molecule has 1 aromatic carbocycles. The standard InChI is InChI=1S/C10H12BN/c1-7-4-9(11)5-8-2-3-12-6-10(7)8/h4-5,12H,2-3,6H2,1H3. The maximum atomic E-state index is 5.76. The van der Waals surface area contributed by atoms with E-state index >= 15 is 0 Å². The Bertz CT molecular complexity index is 307. The molecule has 0 spiro atoms. The normalized spacial score (nSPS) is 15.8. The number of nitrogens with one attached hydrogen (secondary N) is 1. The molecule has 1 aromatic rings. The average Bonchev–Trinajstić information content (AvgIpc) is 2.04. The molecule has 0 amide bonds. The quantitative estimate of drug-likeness (QED) is 0.538. The minimum Gasteiger partial charge on any atom is -0.312 e. The molecule has 60 valence electrons. The number of aryl methyl sites for hydroxylation is 1. The summed E-state index contributed by atoms with van der Waals surface area (Å²) in [5, 5.41) is 3.36. The van der Waals surface area contributed by atoms with Crippen molar-refractivity contribution in [2.75, 3.05) is 6.54 Å². The Morgan fingerprint density at radius 2 is 2.25 bits per heavy atom. The van der Waals surface area contributed by atoms with Crippen LogP contribution in [0.25, 0.3) is 0 Å². The first kappa shape index (κ1) is 7.87. The van der Waals surface area contributed by atoms with E-state index in [2.05, 4.69) is 18.3 Å². The Morgan fingerprint density at radius 3 is 3.08 bits per heavy atom. The minimum atomic E-state index is 0.896. The van der Waals surface area contributed by atoms with E-state index in [1.165, 1.54) is 16.7 Å². The van der Waals surface area contributed by atoms with Crippen molar-refractivity contribution in [1.82, 2.24) is 5.32 Å². The fraction of sp³-hybridized carbons (Fsp3) is 0.400. The van der Waals surface area contributed by atoms with Gasteiger partial charge >= 0.3 is 0 Å². The predicted octanol–water partition coefficient (Wildman–Crippen LogP) is 0.435. The lowest BCUT2D eigenvalue weighted by Crippen LogP contribution is -2.26. The molecule has 0 aromatic heterocycles. The SMILES string of the molecule is [B]c1cc(C)c2c(c1)CCNC2. The number of benzene rings is 1. The number of hydrogen-bond acceptors (Lipinski definition) is 1. The molecule has 1 nitrogen and oxygen atoms in total. The molecule has 0 atom stereocenters. The number of rotatable bonds is 0. The smallest absolute Gasteiger partial charge is 0.113 e. The molecular weight excluding hydrogens is 145 g/mol. The van der Waals surface area contributed by atoms with Gasteiger partial charge in [0, 0.05) is 6.54 Å². The summed E-state index contributed by atoms with van der Waals surface area (Å²) >= 11 is 0. The fourth-order valence-corrected chi connectivity index (χ4v) is 1.83. The van der Waals surface area contributed by atoms with Crippen molar-refractivity contribution in [1.29, 1.82) is 0 Å². The van der Waals surface area contributed by atoms with E-state index in [9.17, 15) is 0 Å². The van der Waals surface area contributed by atoms with Gasteiger partial charge in [0.1, 0.15) is 7.85 Å². The first-order chi connectivity index (χ1) is 5.77. The van der Waals surface area contributed by atoms with Gasteiger partial charge in [-0.25, -0.2) is 0 Å². The van der Waals surface area contributed by atoms with Crippen LogP contribution in [0.2, 0.25) is 0 Å². The van der Waals surface area contributed by atoms with Gasteiger partial charge in [-0.3, -0.25) is 0 Å². The van der Waals surface area contributed by atoms with E-state index in [4.69, 9.17) is 7.85 Å². The zero-order valence-corrected chi connectivity index (χ0v) is 7.35. The second-order valence-electron chi connectivity index (χ2n) is 3.40. The van der Waals surface area contributed by atoms with Crippen molar-refractivity contribution in [2.24, 2.45) is 0 Å². The maximum Gasteiger partial charge on any atom is 0.113 e. The van der Waals surface area contributed by atoms with E-state index in [1.807, 2.05) is 6.07 Å². The van der Waals surface area contributed by atoms with Gasteiger partial charge in [-0.2, -0.15) is 0 Å². The molecule has 0 saturated carbocycles. The van der Waals surface area contributed by atoms with Crippen LogP contribution in [-0.4, -0.2) is 14.4 Å². The predicted molar refractivity (Wildman–Crippen MR) is 52.0 cm³/mol. The molecular formula is C10H12BN. The summed E-state index contributed by atoms with van der Waals surface area (Å²) in [7, 11) is 5.76. The number of fused-ring (bicyclic) bond motifs is 1. The highest BCUT2D eigenvalue weighted by molar-refractivity contribution is 6.32. The highest BCUT2D eigenvalue weighted by Gasteiger charge is 2.10. The Balaban J connectivity index is 2.53. The van der Waals surface area contributed by atoms with Crippen LogP contribution in [0.4, 0.5) is 0 Å². The first-order valence-corrected chi connectivity index (χ1v) is 4.36. The Labute approximate surface area is 74.6 Å². The highest BCUT2D eigenvalue weighted by Crippen LogP contribution is 2.15. The monoisotopic (exact) mass is 157 g/mol. The third-order valence-electron chi connectivity index (χ3n) is 2.46. The van der Waals surface area contributed by atoms with Gasteiger partial charge in [-0.1, -0.05) is 17.6 Å². The molecule has 2 heteroatoms. The van der Waals surface area contributed by atoms with Crippen molar-refractivity contribution in [3.05, 3.63) is 28.8 Å². The molecule has 1 aliphatic heterocycles. The lowest BCUT2D eigenvalue weighted by atomic mass is 9.87. The van der Waals surface area contributed by atoms with E-state index in [1.54, 1.807) is 0 Å². The van der Waals surface area contributed by atoms with Crippen molar-refractivity contribution >= 4 is 13.3 Å². The molecule has 1 aliphatic rings. The van der Waals surface area contributed by atoms with Crippen LogP contribution in [0.3, 0.4) is 0 Å². The molecule has 0 fully saturated rings. The van der Waals surface area contributed by atoms with Crippen molar-refractivity contribution in [3.63, 3.8) is 0 Å². The van der Waals surface area contributed by atoms with Crippen LogP contribution in [0, 0.1) is 6.92 Å². The minimum absolute atomic E-state index is 0.896. The molecule has 0 bridgehead atoms. The van der Waals surface area contributed by atoms with E-state index in [-0.39, 0.29) is 0 Å². The van der Waals surface area contributed by atoms with Gasteiger partial charge in [0.15, 0.2) is 0 Å². The molecule has 0 unspecified atom stereocenters. The Hall–Kier alpha value is -0.755. The second kappa shape index (κ2) is 2.94. The summed E-state index contributed by atoms with van der Waals surface area (Å²) in [6, 6.07) is 4.15. The maximum absolute atomic E-state index is 5.76.